The van der Waals surface area contributed by atoms with E-state index in [9.17, 15) is 32.8 Å². The van der Waals surface area contributed by atoms with Gasteiger partial charge in [0, 0.05) is 16.5 Å². The van der Waals surface area contributed by atoms with Gasteiger partial charge in [0.05, 0.1) is 28.8 Å². The number of anilines is 2. The molecule has 3 atom stereocenters. The largest absolute Gasteiger partial charge is 0.462 e. The van der Waals surface area contributed by atoms with Crippen molar-refractivity contribution in [1.29, 1.82) is 0 Å². The molecule has 13 heteroatoms. The zero-order valence-corrected chi connectivity index (χ0v) is 24.6. The van der Waals surface area contributed by atoms with Crippen LogP contribution in [0.15, 0.2) is 82.6 Å². The Morgan fingerprint density at radius 3 is 2.16 bits per heavy atom. The number of nitrogens with one attached hydrogen (secondary N) is 1. The number of thioether (sulfide) groups is 1. The molecule has 0 unspecified atom stereocenters. The van der Waals surface area contributed by atoms with E-state index in [0.29, 0.717) is 21.2 Å². The van der Waals surface area contributed by atoms with Gasteiger partial charge in [0.1, 0.15) is 23.4 Å². The maximum absolute atomic E-state index is 14.0. The van der Waals surface area contributed by atoms with Crippen molar-refractivity contribution in [2.24, 2.45) is 5.92 Å². The van der Waals surface area contributed by atoms with Gasteiger partial charge >= 0.3 is 10.8 Å². The number of hydrogen-bond acceptors (Lipinski definition) is 8. The molecule has 3 amide bonds. The van der Waals surface area contributed by atoms with Gasteiger partial charge in [-0.05, 0) is 73.2 Å². The van der Waals surface area contributed by atoms with Gasteiger partial charge in [0.15, 0.2) is 0 Å². The van der Waals surface area contributed by atoms with Gasteiger partial charge in [-0.15, -0.1) is 0 Å². The van der Waals surface area contributed by atoms with Crippen molar-refractivity contribution in [3.8, 4) is 0 Å². The molecule has 0 bridgehead atoms. The third-order valence-corrected chi connectivity index (χ3v) is 9.95. The first-order chi connectivity index (χ1) is 21.2. The van der Waals surface area contributed by atoms with Crippen LogP contribution in [0.25, 0.3) is 0 Å². The second-order valence-corrected chi connectivity index (χ2v) is 12.2. The third-order valence-electron chi connectivity index (χ3n) is 7.34. The lowest BCUT2D eigenvalue weighted by atomic mass is 9.83. The summed E-state index contributed by atoms with van der Waals surface area (Å²) >= 11 is 1.90. The minimum Gasteiger partial charge on any atom is -0.462 e. The van der Waals surface area contributed by atoms with Crippen LogP contribution in [-0.4, -0.2) is 40.1 Å². The summed E-state index contributed by atoms with van der Waals surface area (Å²) in [5, 5.41) is 2.05. The Morgan fingerprint density at radius 2 is 1.52 bits per heavy atom. The number of halogens is 2. The van der Waals surface area contributed by atoms with E-state index in [1.807, 2.05) is 0 Å². The van der Waals surface area contributed by atoms with Crippen LogP contribution in [0.5, 0.6) is 0 Å². The summed E-state index contributed by atoms with van der Waals surface area (Å²) in [5.41, 5.74) is 1.40. The highest BCUT2D eigenvalue weighted by atomic mass is 32.2. The Balaban J connectivity index is 1.36. The number of thiazole rings is 1. The SMILES string of the molecule is CCOC(=O)c1ccc(N2C(=O)[C@H]3[C@H](c4ccc(F)cc4)c4sc(=O)n(CC(=O)Nc5ccc(F)cc5)c4S[C@H]3C2=O)cc1. The van der Waals surface area contributed by atoms with Crippen LogP contribution in [0.3, 0.4) is 0 Å². The number of hydrogen-bond donors (Lipinski definition) is 1. The summed E-state index contributed by atoms with van der Waals surface area (Å²) in [6, 6.07) is 16.6. The molecule has 3 aromatic carbocycles. The first-order valence-electron chi connectivity index (χ1n) is 13.5. The average molecular weight is 636 g/mol. The summed E-state index contributed by atoms with van der Waals surface area (Å²) < 4.78 is 33.5. The molecule has 0 aliphatic carbocycles. The zero-order valence-electron chi connectivity index (χ0n) is 23.0. The van der Waals surface area contributed by atoms with E-state index >= 15 is 0 Å². The van der Waals surface area contributed by atoms with Crippen LogP contribution in [-0.2, 0) is 25.7 Å². The lowest BCUT2D eigenvalue weighted by molar-refractivity contribution is -0.122. The molecule has 0 spiro atoms. The van der Waals surface area contributed by atoms with Crippen molar-refractivity contribution in [2.75, 3.05) is 16.8 Å². The standard InChI is InChI=1S/C31H23F2N3O6S2/c1-2-42-30(40)17-5-13-21(14-6-17)36-27(38)24-23(16-3-7-18(32)8-4-16)26-29(43-25(24)28(36)39)35(31(41)44-26)15-22(37)34-20-11-9-19(33)10-12-20/h3-14,23-25H,2,15H2,1H3,(H,34,37)/t23-,24-,25+/m0/s1. The van der Waals surface area contributed by atoms with E-state index in [2.05, 4.69) is 5.32 Å². The maximum atomic E-state index is 14.0. The quantitative estimate of drug-likeness (QED) is 0.229. The highest BCUT2D eigenvalue weighted by Crippen LogP contribution is 2.53. The molecular formula is C31H23F2N3O6S2. The van der Waals surface area contributed by atoms with Crippen molar-refractivity contribution >= 4 is 58.2 Å². The molecule has 4 aromatic rings. The number of nitrogens with zero attached hydrogens (tertiary/aromatic N) is 2. The average Bonchev–Trinajstić information content (AvgIpc) is 3.45. The van der Waals surface area contributed by atoms with Gasteiger partial charge in [-0.25, -0.2) is 18.5 Å². The van der Waals surface area contributed by atoms with Crippen molar-refractivity contribution in [1.82, 2.24) is 4.57 Å². The Labute approximate surface area is 257 Å². The van der Waals surface area contributed by atoms with E-state index in [1.54, 1.807) is 6.92 Å². The predicted molar refractivity (Wildman–Crippen MR) is 160 cm³/mol. The number of esters is 1. The minimum absolute atomic E-state index is 0.193. The molecule has 2 aliphatic heterocycles. The summed E-state index contributed by atoms with van der Waals surface area (Å²) in [7, 11) is 0. The lowest BCUT2D eigenvalue weighted by Gasteiger charge is -2.30. The Bertz CT molecular complexity index is 1840. The minimum atomic E-state index is -0.949. The first-order valence-corrected chi connectivity index (χ1v) is 15.2. The summed E-state index contributed by atoms with van der Waals surface area (Å²) in [6.45, 7) is 1.49. The topological polar surface area (TPSA) is 115 Å². The summed E-state index contributed by atoms with van der Waals surface area (Å²) in [6.07, 6.45) is 0. The molecule has 6 rings (SSSR count). The second kappa shape index (κ2) is 11.8. The highest BCUT2D eigenvalue weighted by molar-refractivity contribution is 8.00. The fourth-order valence-electron chi connectivity index (χ4n) is 5.38. The molecule has 1 aromatic heterocycles. The molecule has 1 N–H and O–H groups in total. The molecule has 3 heterocycles. The van der Waals surface area contributed by atoms with E-state index < -0.39 is 57.3 Å². The van der Waals surface area contributed by atoms with Gasteiger partial charge < -0.3 is 10.1 Å². The van der Waals surface area contributed by atoms with Crippen molar-refractivity contribution in [2.45, 2.75) is 29.7 Å². The van der Waals surface area contributed by atoms with Gasteiger partial charge in [-0.2, -0.15) is 0 Å². The van der Waals surface area contributed by atoms with E-state index in [0.717, 1.165) is 28.0 Å². The van der Waals surface area contributed by atoms with E-state index in [4.69, 9.17) is 4.74 Å². The molecule has 1 saturated heterocycles. The maximum Gasteiger partial charge on any atom is 0.338 e. The van der Waals surface area contributed by atoms with Crippen LogP contribution >= 0.6 is 23.1 Å². The predicted octanol–water partition coefficient (Wildman–Crippen LogP) is 4.80. The molecule has 2 aliphatic rings. The molecular weight excluding hydrogens is 612 g/mol. The number of imide groups is 1. The Hall–Kier alpha value is -4.62. The monoisotopic (exact) mass is 635 g/mol. The fraction of sp³-hybridized carbons (Fsp3) is 0.194. The Kier molecular flexibility index (Phi) is 7.91. The van der Waals surface area contributed by atoms with Gasteiger partial charge in [-0.1, -0.05) is 35.2 Å². The first kappa shape index (κ1) is 29.5. The lowest BCUT2D eigenvalue weighted by Crippen LogP contribution is -2.33. The van der Waals surface area contributed by atoms with Crippen LogP contribution in [0.1, 0.15) is 33.6 Å². The highest BCUT2D eigenvalue weighted by Gasteiger charge is 2.56. The van der Waals surface area contributed by atoms with E-state index in [1.165, 1.54) is 77.4 Å². The molecule has 0 radical (unpaired) electrons. The van der Waals surface area contributed by atoms with Gasteiger partial charge in [0.2, 0.25) is 17.7 Å². The molecule has 9 nitrogen and oxygen atoms in total. The normalized spacial score (nSPS) is 19.0. The number of carbonyl (C=O) groups excluding carboxylic acids is 4. The Morgan fingerprint density at radius 1 is 0.886 bits per heavy atom. The van der Waals surface area contributed by atoms with Crippen LogP contribution in [0.2, 0.25) is 0 Å². The fourth-order valence-corrected chi connectivity index (χ4v) is 8.15. The summed E-state index contributed by atoms with van der Waals surface area (Å²) in [5.74, 6) is -4.75. The summed E-state index contributed by atoms with van der Waals surface area (Å²) in [4.78, 5) is 67.2. The van der Waals surface area contributed by atoms with Crippen molar-refractivity contribution in [3.63, 3.8) is 0 Å². The molecule has 0 saturated carbocycles. The number of benzene rings is 3. The van der Waals surface area contributed by atoms with Gasteiger partial charge in [0.25, 0.3) is 0 Å². The van der Waals surface area contributed by atoms with Crippen LogP contribution in [0, 0.1) is 17.6 Å². The van der Waals surface area contributed by atoms with Crippen LogP contribution < -0.4 is 15.1 Å². The number of rotatable bonds is 7. The zero-order chi connectivity index (χ0) is 31.1. The van der Waals surface area contributed by atoms with Gasteiger partial charge in [-0.3, -0.25) is 23.7 Å². The number of amides is 3. The molecule has 224 valence electrons. The molecule has 44 heavy (non-hydrogen) atoms. The number of carbonyl (C=O) groups is 4. The van der Waals surface area contributed by atoms with E-state index in [-0.39, 0.29) is 24.4 Å². The third kappa shape index (κ3) is 5.33. The number of fused-ring (bicyclic) bond motifs is 2. The number of aromatic nitrogens is 1. The smallest absolute Gasteiger partial charge is 0.338 e. The second-order valence-electron chi connectivity index (χ2n) is 10.1. The number of ether oxygens (including phenoxy) is 1. The van der Waals surface area contributed by atoms with Crippen molar-refractivity contribution in [3.05, 3.63) is 110 Å². The molecule has 1 fully saturated rings. The van der Waals surface area contributed by atoms with Crippen molar-refractivity contribution < 1.29 is 32.7 Å². The van der Waals surface area contributed by atoms with Crippen LogP contribution in [0.4, 0.5) is 20.2 Å².